The van der Waals surface area contributed by atoms with Crippen LogP contribution >= 0.6 is 0 Å². The fraction of sp³-hybridized carbons (Fsp3) is 0.200. The van der Waals surface area contributed by atoms with Gasteiger partial charge in [0.25, 0.3) is 0 Å². The normalized spacial score (nSPS) is 12.8. The summed E-state index contributed by atoms with van der Waals surface area (Å²) < 4.78 is 5.82. The first-order valence-electron chi connectivity index (χ1n) is 5.66. The molecular weight excluding hydrogens is 196 g/mol. The molecule has 0 aliphatic heterocycles. The van der Waals surface area contributed by atoms with Gasteiger partial charge in [0.15, 0.2) is 0 Å². The number of benzene rings is 1. The number of para-hydroxylation sites is 1. The summed E-state index contributed by atoms with van der Waals surface area (Å²) in [5, 5.41) is 1.16. The predicted molar refractivity (Wildman–Crippen MR) is 69.3 cm³/mol. The van der Waals surface area contributed by atoms with Crippen molar-refractivity contribution in [1.29, 1.82) is 0 Å². The standard InChI is InChI=1S/C15H16O/c1-3-5-8-12(4-2)15-11-13-9-6-7-10-14(13)16-15/h3,5-11H,4H2,1-2H3/b5-3-,12-8+. The van der Waals surface area contributed by atoms with E-state index in [2.05, 4.69) is 25.1 Å². The molecule has 2 rings (SSSR count). The smallest absolute Gasteiger partial charge is 0.134 e. The van der Waals surface area contributed by atoms with Crippen LogP contribution in [-0.2, 0) is 0 Å². The highest BCUT2D eigenvalue weighted by molar-refractivity contribution is 5.82. The van der Waals surface area contributed by atoms with Crippen LogP contribution in [0.3, 0.4) is 0 Å². The predicted octanol–water partition coefficient (Wildman–Crippen LogP) is 4.80. The van der Waals surface area contributed by atoms with Crippen molar-refractivity contribution >= 4 is 16.5 Å². The molecule has 0 aliphatic rings. The number of hydrogen-bond acceptors (Lipinski definition) is 1. The van der Waals surface area contributed by atoms with Crippen molar-refractivity contribution in [1.82, 2.24) is 0 Å². The van der Waals surface area contributed by atoms with Crippen LogP contribution < -0.4 is 0 Å². The molecule has 0 radical (unpaired) electrons. The molecule has 0 amide bonds. The minimum atomic E-state index is 0.956. The van der Waals surface area contributed by atoms with Gasteiger partial charge >= 0.3 is 0 Å². The molecule has 0 spiro atoms. The number of hydrogen-bond donors (Lipinski definition) is 0. The summed E-state index contributed by atoms with van der Waals surface area (Å²) in [4.78, 5) is 0. The Kier molecular flexibility index (Phi) is 3.25. The lowest BCUT2D eigenvalue weighted by Crippen LogP contribution is -1.76. The van der Waals surface area contributed by atoms with Crippen LogP contribution in [0.25, 0.3) is 16.5 Å². The zero-order chi connectivity index (χ0) is 11.4. The average molecular weight is 212 g/mol. The van der Waals surface area contributed by atoms with Crippen molar-refractivity contribution in [3.63, 3.8) is 0 Å². The highest BCUT2D eigenvalue weighted by Gasteiger charge is 2.05. The largest absolute Gasteiger partial charge is 0.456 e. The van der Waals surface area contributed by atoms with Crippen molar-refractivity contribution in [2.75, 3.05) is 0 Å². The molecule has 1 aromatic heterocycles. The first-order valence-corrected chi connectivity index (χ1v) is 5.66. The second-order valence-electron chi connectivity index (χ2n) is 3.72. The minimum Gasteiger partial charge on any atom is -0.456 e. The molecule has 0 atom stereocenters. The van der Waals surface area contributed by atoms with Gasteiger partial charge in [-0.15, -0.1) is 0 Å². The number of fused-ring (bicyclic) bond motifs is 1. The van der Waals surface area contributed by atoms with Crippen LogP contribution in [0.1, 0.15) is 26.0 Å². The Labute approximate surface area is 96.1 Å². The molecule has 0 N–H and O–H groups in total. The Hall–Kier alpha value is -1.76. The Morgan fingerprint density at radius 1 is 1.31 bits per heavy atom. The average Bonchev–Trinajstić information content (AvgIpc) is 2.73. The summed E-state index contributed by atoms with van der Waals surface area (Å²) in [7, 11) is 0. The molecule has 1 nitrogen and oxygen atoms in total. The van der Waals surface area contributed by atoms with Gasteiger partial charge in [0.2, 0.25) is 0 Å². The Morgan fingerprint density at radius 2 is 2.12 bits per heavy atom. The SMILES string of the molecule is C/C=C\C=C(/CC)c1cc2ccccc2o1. The van der Waals surface area contributed by atoms with Gasteiger partial charge in [0.05, 0.1) is 0 Å². The first-order chi connectivity index (χ1) is 7.85. The zero-order valence-electron chi connectivity index (χ0n) is 9.73. The number of furan rings is 1. The van der Waals surface area contributed by atoms with Crippen molar-refractivity contribution in [2.24, 2.45) is 0 Å². The summed E-state index contributed by atoms with van der Waals surface area (Å²) in [5.41, 5.74) is 2.19. The van der Waals surface area contributed by atoms with Crippen molar-refractivity contribution in [3.8, 4) is 0 Å². The van der Waals surface area contributed by atoms with Crippen LogP contribution in [0.2, 0.25) is 0 Å². The monoisotopic (exact) mass is 212 g/mol. The third-order valence-electron chi connectivity index (χ3n) is 2.61. The highest BCUT2D eigenvalue weighted by atomic mass is 16.3. The van der Waals surface area contributed by atoms with E-state index in [1.54, 1.807) is 0 Å². The third-order valence-corrected chi connectivity index (χ3v) is 2.61. The van der Waals surface area contributed by atoms with Gasteiger partial charge in [-0.05, 0) is 31.1 Å². The maximum Gasteiger partial charge on any atom is 0.134 e. The van der Waals surface area contributed by atoms with E-state index in [0.717, 1.165) is 23.2 Å². The van der Waals surface area contributed by atoms with Gasteiger partial charge in [-0.25, -0.2) is 0 Å². The third kappa shape index (κ3) is 2.08. The Morgan fingerprint density at radius 3 is 2.81 bits per heavy atom. The molecule has 1 aromatic carbocycles. The van der Waals surface area contributed by atoms with Crippen molar-refractivity contribution in [3.05, 3.63) is 54.3 Å². The molecule has 0 saturated carbocycles. The summed E-state index contributed by atoms with van der Waals surface area (Å²) in [6, 6.07) is 10.2. The molecule has 0 unspecified atom stereocenters. The highest BCUT2D eigenvalue weighted by Crippen LogP contribution is 2.26. The summed E-state index contributed by atoms with van der Waals surface area (Å²) in [6.07, 6.45) is 7.16. The van der Waals surface area contributed by atoms with Gasteiger partial charge < -0.3 is 4.42 Å². The maximum atomic E-state index is 5.82. The van der Waals surface area contributed by atoms with E-state index >= 15 is 0 Å². The lowest BCUT2D eigenvalue weighted by Gasteiger charge is -1.97. The van der Waals surface area contributed by atoms with E-state index in [1.165, 1.54) is 5.57 Å². The second kappa shape index (κ2) is 4.84. The number of allylic oxidation sites excluding steroid dienone is 4. The topological polar surface area (TPSA) is 13.1 Å². The molecule has 0 aliphatic carbocycles. The van der Waals surface area contributed by atoms with E-state index in [-0.39, 0.29) is 0 Å². The van der Waals surface area contributed by atoms with E-state index in [0.29, 0.717) is 0 Å². The van der Waals surface area contributed by atoms with E-state index < -0.39 is 0 Å². The second-order valence-corrected chi connectivity index (χ2v) is 3.72. The van der Waals surface area contributed by atoms with Gasteiger partial charge in [-0.2, -0.15) is 0 Å². The minimum absolute atomic E-state index is 0.956. The summed E-state index contributed by atoms with van der Waals surface area (Å²) >= 11 is 0. The van der Waals surface area contributed by atoms with Crippen LogP contribution in [0, 0.1) is 0 Å². The summed E-state index contributed by atoms with van der Waals surface area (Å²) in [5.74, 6) is 0.974. The molecule has 0 saturated heterocycles. The summed E-state index contributed by atoms with van der Waals surface area (Å²) in [6.45, 7) is 4.16. The van der Waals surface area contributed by atoms with Crippen LogP contribution in [-0.4, -0.2) is 0 Å². The Bertz CT molecular complexity index is 496. The molecule has 1 heteroatoms. The van der Waals surface area contributed by atoms with E-state index in [1.807, 2.05) is 37.3 Å². The maximum absolute atomic E-state index is 5.82. The van der Waals surface area contributed by atoms with Crippen LogP contribution in [0.4, 0.5) is 0 Å². The molecule has 2 aromatic rings. The fourth-order valence-corrected chi connectivity index (χ4v) is 1.73. The lowest BCUT2D eigenvalue weighted by molar-refractivity contribution is 0.597. The van der Waals surface area contributed by atoms with E-state index in [4.69, 9.17) is 4.42 Å². The molecule has 0 fully saturated rings. The van der Waals surface area contributed by atoms with Crippen LogP contribution in [0.5, 0.6) is 0 Å². The van der Waals surface area contributed by atoms with Gasteiger partial charge in [-0.3, -0.25) is 0 Å². The molecule has 1 heterocycles. The van der Waals surface area contributed by atoms with E-state index in [9.17, 15) is 0 Å². The lowest BCUT2D eigenvalue weighted by atomic mass is 10.1. The molecular formula is C15H16O. The van der Waals surface area contributed by atoms with Gasteiger partial charge in [0.1, 0.15) is 11.3 Å². The molecule has 0 bridgehead atoms. The number of rotatable bonds is 3. The zero-order valence-corrected chi connectivity index (χ0v) is 9.73. The van der Waals surface area contributed by atoms with Gasteiger partial charge in [0, 0.05) is 5.39 Å². The first kappa shape index (κ1) is 10.7. The van der Waals surface area contributed by atoms with Crippen molar-refractivity contribution in [2.45, 2.75) is 20.3 Å². The quantitative estimate of drug-likeness (QED) is 0.666. The van der Waals surface area contributed by atoms with Crippen molar-refractivity contribution < 1.29 is 4.42 Å². The Balaban J connectivity index is 2.45. The fourth-order valence-electron chi connectivity index (χ4n) is 1.73. The van der Waals surface area contributed by atoms with Gasteiger partial charge in [-0.1, -0.05) is 43.4 Å². The molecule has 82 valence electrons. The molecule has 16 heavy (non-hydrogen) atoms. The van der Waals surface area contributed by atoms with Crippen LogP contribution in [0.15, 0.2) is 53.0 Å².